The van der Waals surface area contributed by atoms with Crippen LogP contribution in [0.4, 0.5) is 5.69 Å². The Labute approximate surface area is 168 Å². The summed E-state index contributed by atoms with van der Waals surface area (Å²) in [7, 11) is -3.72. The molecule has 0 radical (unpaired) electrons. The second kappa shape index (κ2) is 8.93. The van der Waals surface area contributed by atoms with E-state index in [1.54, 1.807) is 32.0 Å². The smallest absolute Gasteiger partial charge is 0.243 e. The highest BCUT2D eigenvalue weighted by molar-refractivity contribution is 7.89. The third-order valence-electron chi connectivity index (χ3n) is 3.98. The molecule has 1 amide bonds. The maximum Gasteiger partial charge on any atom is 0.243 e. The van der Waals surface area contributed by atoms with Gasteiger partial charge in [-0.05, 0) is 35.9 Å². The summed E-state index contributed by atoms with van der Waals surface area (Å²) in [5.74, 6) is -0.732. The lowest BCUT2D eigenvalue weighted by Crippen LogP contribution is -2.30. The van der Waals surface area contributed by atoms with E-state index in [4.69, 9.17) is 23.2 Å². The Balaban J connectivity index is 2.28. The second-order valence-corrected chi connectivity index (χ2v) is 8.45. The number of carbonyl (C=O) groups excluding carboxylic acids is 1. The highest BCUT2D eigenvalue weighted by Gasteiger charge is 2.23. The summed E-state index contributed by atoms with van der Waals surface area (Å²) in [6, 6.07) is 8.65. The van der Waals surface area contributed by atoms with Gasteiger partial charge in [0.05, 0.1) is 17.0 Å². The predicted octanol–water partition coefficient (Wildman–Crippen LogP) is 3.91. The van der Waals surface area contributed by atoms with Crippen molar-refractivity contribution in [2.75, 3.05) is 18.4 Å². The molecule has 0 aliphatic heterocycles. The first-order valence-electron chi connectivity index (χ1n) is 8.26. The van der Waals surface area contributed by atoms with E-state index < -0.39 is 15.9 Å². The molecule has 6 nitrogen and oxygen atoms in total. The molecular formula is C18H20Cl2N2O4S. The molecule has 0 aliphatic rings. The van der Waals surface area contributed by atoms with Crippen LogP contribution in [0.15, 0.2) is 41.3 Å². The number of benzene rings is 2. The lowest BCUT2D eigenvalue weighted by atomic mass is 10.1. The number of hydrogen-bond acceptors (Lipinski definition) is 4. The Morgan fingerprint density at radius 3 is 2.26 bits per heavy atom. The van der Waals surface area contributed by atoms with Crippen LogP contribution >= 0.6 is 23.2 Å². The van der Waals surface area contributed by atoms with Gasteiger partial charge in [-0.15, -0.1) is 0 Å². The fraction of sp³-hybridized carbons (Fsp3) is 0.278. The van der Waals surface area contributed by atoms with E-state index in [-0.39, 0.29) is 22.8 Å². The van der Waals surface area contributed by atoms with Crippen molar-refractivity contribution in [1.29, 1.82) is 0 Å². The average molecular weight is 431 g/mol. The first-order valence-corrected chi connectivity index (χ1v) is 10.5. The summed E-state index contributed by atoms with van der Waals surface area (Å²) in [6.45, 7) is 4.09. The van der Waals surface area contributed by atoms with Crippen LogP contribution < -0.4 is 5.32 Å². The number of anilines is 1. The number of sulfonamides is 1. The third-order valence-corrected chi connectivity index (χ3v) is 6.74. The van der Waals surface area contributed by atoms with Crippen molar-refractivity contribution in [3.8, 4) is 5.75 Å². The average Bonchev–Trinajstić information content (AvgIpc) is 2.61. The molecule has 0 aliphatic carbocycles. The molecule has 0 aromatic heterocycles. The number of hydrogen-bond donors (Lipinski definition) is 2. The van der Waals surface area contributed by atoms with Crippen molar-refractivity contribution in [2.45, 2.75) is 25.2 Å². The highest BCUT2D eigenvalue weighted by atomic mass is 35.5. The van der Waals surface area contributed by atoms with E-state index in [1.165, 1.54) is 22.5 Å². The van der Waals surface area contributed by atoms with Gasteiger partial charge in [0.15, 0.2) is 0 Å². The second-order valence-electron chi connectivity index (χ2n) is 5.69. The van der Waals surface area contributed by atoms with Crippen molar-refractivity contribution in [3.05, 3.63) is 52.0 Å². The third kappa shape index (κ3) is 4.93. The number of nitrogens with one attached hydrogen (secondary N) is 1. The molecule has 27 heavy (non-hydrogen) atoms. The monoisotopic (exact) mass is 430 g/mol. The number of phenols is 1. The van der Waals surface area contributed by atoms with Crippen LogP contribution in [0.25, 0.3) is 0 Å². The van der Waals surface area contributed by atoms with E-state index in [1.807, 2.05) is 0 Å². The van der Waals surface area contributed by atoms with Crippen molar-refractivity contribution in [3.63, 3.8) is 0 Å². The van der Waals surface area contributed by atoms with Crippen LogP contribution in [0.2, 0.25) is 10.0 Å². The van der Waals surface area contributed by atoms with Crippen LogP contribution in [0.3, 0.4) is 0 Å². The number of carbonyl (C=O) groups is 1. The number of nitrogens with zero attached hydrogens (tertiary/aromatic N) is 1. The van der Waals surface area contributed by atoms with Crippen molar-refractivity contribution in [1.82, 2.24) is 4.31 Å². The minimum absolute atomic E-state index is 0.00333. The molecule has 0 saturated heterocycles. The van der Waals surface area contributed by atoms with Crippen LogP contribution in [0.1, 0.15) is 19.4 Å². The minimum atomic E-state index is -3.72. The lowest BCUT2D eigenvalue weighted by molar-refractivity contribution is -0.115. The summed E-state index contributed by atoms with van der Waals surface area (Å²) in [5, 5.41) is 13.2. The molecule has 0 saturated carbocycles. The Bertz CT molecular complexity index is 924. The fourth-order valence-electron chi connectivity index (χ4n) is 2.54. The van der Waals surface area contributed by atoms with Gasteiger partial charge in [-0.25, -0.2) is 8.42 Å². The molecule has 2 rings (SSSR count). The zero-order valence-corrected chi connectivity index (χ0v) is 17.2. The van der Waals surface area contributed by atoms with Crippen LogP contribution in [0, 0.1) is 0 Å². The van der Waals surface area contributed by atoms with Gasteiger partial charge in [0.25, 0.3) is 0 Å². The van der Waals surface area contributed by atoms with Crippen molar-refractivity contribution < 1.29 is 18.3 Å². The number of amides is 1. The first-order chi connectivity index (χ1) is 12.7. The predicted molar refractivity (Wildman–Crippen MR) is 107 cm³/mol. The highest BCUT2D eigenvalue weighted by Crippen LogP contribution is 2.29. The Morgan fingerprint density at radius 2 is 1.70 bits per heavy atom. The molecule has 0 fully saturated rings. The van der Waals surface area contributed by atoms with Gasteiger partial charge in [-0.2, -0.15) is 4.31 Å². The van der Waals surface area contributed by atoms with E-state index in [9.17, 15) is 18.3 Å². The van der Waals surface area contributed by atoms with Crippen LogP contribution in [-0.2, 0) is 21.2 Å². The summed E-state index contributed by atoms with van der Waals surface area (Å²) in [4.78, 5) is 12.3. The van der Waals surface area contributed by atoms with Gasteiger partial charge in [-0.3, -0.25) is 4.79 Å². The van der Waals surface area contributed by atoms with Crippen molar-refractivity contribution in [2.24, 2.45) is 0 Å². The van der Waals surface area contributed by atoms with E-state index in [0.29, 0.717) is 28.7 Å². The standard InChI is InChI=1S/C18H20Cl2N2O4S/c1-3-22(4-2)27(25,26)12-8-9-17(23)16(10-12)21-18(24)11-13-14(19)6-5-7-15(13)20/h5-10,23H,3-4,11H2,1-2H3,(H,21,24). The molecule has 2 aromatic rings. The maximum atomic E-state index is 12.6. The Hall–Kier alpha value is -1.80. The van der Waals surface area contributed by atoms with Gasteiger partial charge < -0.3 is 10.4 Å². The number of rotatable bonds is 7. The van der Waals surface area contributed by atoms with E-state index >= 15 is 0 Å². The Kier molecular flexibility index (Phi) is 7.11. The summed E-state index contributed by atoms with van der Waals surface area (Å²) < 4.78 is 26.5. The summed E-state index contributed by atoms with van der Waals surface area (Å²) in [5.41, 5.74) is 0.446. The van der Waals surface area contributed by atoms with Gasteiger partial charge >= 0.3 is 0 Å². The van der Waals surface area contributed by atoms with E-state index in [2.05, 4.69) is 5.32 Å². The first kappa shape index (κ1) is 21.5. The molecule has 0 spiro atoms. The topological polar surface area (TPSA) is 86.7 Å². The lowest BCUT2D eigenvalue weighted by Gasteiger charge is -2.19. The number of phenolic OH excluding ortho intramolecular Hbond substituents is 1. The van der Waals surface area contributed by atoms with Crippen LogP contribution in [-0.4, -0.2) is 36.8 Å². The number of aromatic hydroxyl groups is 1. The zero-order valence-electron chi connectivity index (χ0n) is 14.9. The molecule has 0 bridgehead atoms. The zero-order chi connectivity index (χ0) is 20.2. The largest absolute Gasteiger partial charge is 0.506 e. The molecular weight excluding hydrogens is 411 g/mol. The Morgan fingerprint density at radius 1 is 1.11 bits per heavy atom. The van der Waals surface area contributed by atoms with Crippen LogP contribution in [0.5, 0.6) is 5.75 Å². The van der Waals surface area contributed by atoms with Gasteiger partial charge in [0, 0.05) is 23.1 Å². The summed E-state index contributed by atoms with van der Waals surface area (Å²) >= 11 is 12.1. The fourth-order valence-corrected chi connectivity index (χ4v) is 4.56. The molecule has 0 heterocycles. The molecule has 9 heteroatoms. The molecule has 0 atom stereocenters. The molecule has 0 unspecified atom stereocenters. The molecule has 2 aromatic carbocycles. The van der Waals surface area contributed by atoms with E-state index in [0.717, 1.165) is 0 Å². The number of halogens is 2. The van der Waals surface area contributed by atoms with Gasteiger partial charge in [0.2, 0.25) is 15.9 Å². The maximum absolute atomic E-state index is 12.6. The van der Waals surface area contributed by atoms with Crippen molar-refractivity contribution >= 4 is 44.8 Å². The minimum Gasteiger partial charge on any atom is -0.506 e. The SMILES string of the molecule is CCN(CC)S(=O)(=O)c1ccc(O)c(NC(=O)Cc2c(Cl)cccc2Cl)c1. The quantitative estimate of drug-likeness (QED) is 0.651. The normalized spacial score (nSPS) is 11.6. The van der Waals surface area contributed by atoms with Gasteiger partial charge in [-0.1, -0.05) is 43.1 Å². The van der Waals surface area contributed by atoms with Gasteiger partial charge in [0.1, 0.15) is 5.75 Å². The molecule has 2 N–H and O–H groups in total. The summed E-state index contributed by atoms with van der Waals surface area (Å²) in [6.07, 6.45) is -0.120. The molecule has 146 valence electrons.